The Labute approximate surface area is 189 Å². The lowest BCUT2D eigenvalue weighted by Crippen LogP contribution is -2.35. The topological polar surface area (TPSA) is 108 Å². The third-order valence-electron chi connectivity index (χ3n) is 5.13. The number of rotatable bonds is 6. The number of hydrogen-bond donors (Lipinski definition) is 1. The van der Waals surface area contributed by atoms with Crippen molar-refractivity contribution in [1.82, 2.24) is 14.9 Å². The van der Waals surface area contributed by atoms with E-state index in [1.807, 2.05) is 18.2 Å². The Bertz CT molecular complexity index is 1140. The Kier molecular flexibility index (Phi) is 6.72. The van der Waals surface area contributed by atoms with Crippen molar-refractivity contribution >= 4 is 28.3 Å². The largest absolute Gasteiger partial charge is 0.445 e. The van der Waals surface area contributed by atoms with Crippen LogP contribution in [0.4, 0.5) is 9.80 Å². The van der Waals surface area contributed by atoms with Gasteiger partial charge in [0.05, 0.1) is 12.1 Å². The molecule has 4 heterocycles. The molecule has 3 aromatic rings. The lowest BCUT2D eigenvalue weighted by Gasteiger charge is -2.26. The quantitative estimate of drug-likeness (QED) is 0.618. The summed E-state index contributed by atoms with van der Waals surface area (Å²) in [7, 11) is 0. The highest BCUT2D eigenvalue weighted by Gasteiger charge is 2.28. The number of pyridine rings is 2. The Morgan fingerprint density at radius 3 is 2.81 bits per heavy atom. The minimum absolute atomic E-state index is 0.167. The first kappa shape index (κ1) is 21.5. The highest BCUT2D eigenvalue weighted by atomic mass is 32.1. The van der Waals surface area contributed by atoms with Crippen molar-refractivity contribution in [3.63, 3.8) is 0 Å². The zero-order chi connectivity index (χ0) is 22.3. The molecule has 0 aromatic carbocycles. The summed E-state index contributed by atoms with van der Waals surface area (Å²) in [6.07, 6.45) is 5.94. The van der Waals surface area contributed by atoms with Crippen molar-refractivity contribution in [2.75, 3.05) is 11.9 Å². The van der Waals surface area contributed by atoms with Crippen molar-refractivity contribution in [1.29, 1.82) is 5.26 Å². The first-order valence-corrected chi connectivity index (χ1v) is 11.0. The Balaban J connectivity index is 1.37. The molecule has 0 saturated carbocycles. The number of fused-ring (bicyclic) bond motifs is 1. The van der Waals surface area contributed by atoms with Gasteiger partial charge in [0.15, 0.2) is 0 Å². The van der Waals surface area contributed by atoms with Crippen LogP contribution < -0.4 is 5.32 Å². The first-order chi connectivity index (χ1) is 15.6. The number of carbonyl (C=O) groups is 2. The van der Waals surface area contributed by atoms with Gasteiger partial charge in [0.25, 0.3) is 0 Å². The summed E-state index contributed by atoms with van der Waals surface area (Å²) in [5, 5.41) is 13.1. The van der Waals surface area contributed by atoms with E-state index in [-0.39, 0.29) is 18.9 Å². The molecule has 0 aliphatic carbocycles. The van der Waals surface area contributed by atoms with E-state index < -0.39 is 6.09 Å². The molecular formula is C23H21N5O3S. The molecule has 1 N–H and O–H groups in total. The molecule has 9 heteroatoms. The van der Waals surface area contributed by atoms with Crippen LogP contribution in [0.5, 0.6) is 0 Å². The van der Waals surface area contributed by atoms with Crippen molar-refractivity contribution in [2.45, 2.75) is 32.4 Å². The molecule has 3 aromatic heterocycles. The van der Waals surface area contributed by atoms with E-state index in [0.29, 0.717) is 36.5 Å². The summed E-state index contributed by atoms with van der Waals surface area (Å²) >= 11 is 1.34. The van der Waals surface area contributed by atoms with Crippen LogP contribution in [0.1, 0.15) is 33.7 Å². The summed E-state index contributed by atoms with van der Waals surface area (Å²) < 4.78 is 5.41. The Hall–Kier alpha value is -3.77. The van der Waals surface area contributed by atoms with Crippen LogP contribution in [0.15, 0.2) is 48.9 Å². The second-order valence-corrected chi connectivity index (χ2v) is 8.38. The molecule has 0 fully saturated rings. The van der Waals surface area contributed by atoms with E-state index >= 15 is 0 Å². The van der Waals surface area contributed by atoms with Gasteiger partial charge in [-0.15, -0.1) is 11.3 Å². The highest BCUT2D eigenvalue weighted by molar-refractivity contribution is 7.16. The van der Waals surface area contributed by atoms with Crippen molar-refractivity contribution < 1.29 is 14.3 Å². The molecule has 0 unspecified atom stereocenters. The second kappa shape index (κ2) is 10.0. The number of carbonyl (C=O) groups excluding carboxylic acids is 2. The number of ether oxygens (including phenoxy) is 1. The number of amides is 2. The molecule has 162 valence electrons. The van der Waals surface area contributed by atoms with Gasteiger partial charge < -0.3 is 15.0 Å². The fourth-order valence-corrected chi connectivity index (χ4v) is 4.69. The van der Waals surface area contributed by atoms with Gasteiger partial charge in [0.1, 0.15) is 17.7 Å². The first-order valence-electron chi connectivity index (χ1n) is 10.2. The number of anilines is 1. The third kappa shape index (κ3) is 5.10. The molecule has 32 heavy (non-hydrogen) atoms. The molecule has 0 radical (unpaired) electrons. The highest BCUT2D eigenvalue weighted by Crippen LogP contribution is 2.37. The minimum atomic E-state index is -0.402. The SMILES string of the molecule is N#Cc1c(NC(=O)CCc2ccccn2)sc2c1CCN(C(=O)OCc1ccncc1)C2. The summed E-state index contributed by atoms with van der Waals surface area (Å²) in [6, 6.07) is 11.4. The van der Waals surface area contributed by atoms with E-state index in [1.165, 1.54) is 11.3 Å². The zero-order valence-electron chi connectivity index (χ0n) is 17.3. The minimum Gasteiger partial charge on any atom is -0.445 e. The zero-order valence-corrected chi connectivity index (χ0v) is 18.1. The van der Waals surface area contributed by atoms with Crippen molar-refractivity contribution in [3.8, 4) is 6.07 Å². The fourth-order valence-electron chi connectivity index (χ4n) is 3.46. The number of aryl methyl sites for hydroxylation is 1. The van der Waals surface area contributed by atoms with Gasteiger partial charge in [-0.2, -0.15) is 5.26 Å². The van der Waals surface area contributed by atoms with Gasteiger partial charge in [-0.1, -0.05) is 6.07 Å². The van der Waals surface area contributed by atoms with Gasteiger partial charge in [-0.3, -0.25) is 14.8 Å². The third-order valence-corrected chi connectivity index (χ3v) is 6.26. The molecule has 0 atom stereocenters. The molecule has 2 amide bonds. The lowest BCUT2D eigenvalue weighted by molar-refractivity contribution is -0.116. The molecule has 8 nitrogen and oxygen atoms in total. The smallest absolute Gasteiger partial charge is 0.410 e. The standard InChI is InChI=1S/C23H21N5O3S/c24-13-19-18-8-12-28(23(30)31-15-16-6-10-25-11-7-16)14-20(18)32-22(19)27-21(29)5-4-17-3-1-2-9-26-17/h1-3,6-7,9-11H,4-5,8,12,14-15H2,(H,27,29). The molecule has 0 spiro atoms. The Morgan fingerprint density at radius 1 is 1.22 bits per heavy atom. The van der Waals surface area contributed by atoms with Gasteiger partial charge in [0, 0.05) is 42.1 Å². The number of nitrogens with zero attached hydrogens (tertiary/aromatic N) is 4. The maximum Gasteiger partial charge on any atom is 0.410 e. The number of aromatic nitrogens is 2. The van der Waals surface area contributed by atoms with E-state index in [0.717, 1.165) is 21.7 Å². The predicted molar refractivity (Wildman–Crippen MR) is 119 cm³/mol. The van der Waals surface area contributed by atoms with Gasteiger partial charge in [-0.25, -0.2) is 4.79 Å². The van der Waals surface area contributed by atoms with Crippen LogP contribution in [0.25, 0.3) is 0 Å². The second-order valence-electron chi connectivity index (χ2n) is 7.27. The molecule has 1 aliphatic rings. The number of hydrogen-bond acceptors (Lipinski definition) is 7. The lowest BCUT2D eigenvalue weighted by atomic mass is 10.0. The van der Waals surface area contributed by atoms with E-state index in [2.05, 4.69) is 21.4 Å². The van der Waals surface area contributed by atoms with Gasteiger partial charge >= 0.3 is 6.09 Å². The van der Waals surface area contributed by atoms with E-state index in [9.17, 15) is 14.9 Å². The molecular weight excluding hydrogens is 426 g/mol. The average Bonchev–Trinajstić information content (AvgIpc) is 3.18. The van der Waals surface area contributed by atoms with E-state index in [4.69, 9.17) is 4.74 Å². The van der Waals surface area contributed by atoms with Crippen LogP contribution >= 0.6 is 11.3 Å². The monoisotopic (exact) mass is 447 g/mol. The van der Waals surface area contributed by atoms with Crippen LogP contribution in [-0.4, -0.2) is 33.4 Å². The van der Waals surface area contributed by atoms with Crippen LogP contribution in [0.3, 0.4) is 0 Å². The average molecular weight is 448 g/mol. The van der Waals surface area contributed by atoms with Crippen LogP contribution in [0.2, 0.25) is 0 Å². The normalized spacial score (nSPS) is 12.5. The number of thiophene rings is 1. The fraction of sp³-hybridized carbons (Fsp3) is 0.261. The maximum atomic E-state index is 12.5. The molecule has 0 bridgehead atoms. The number of nitrogens with one attached hydrogen (secondary N) is 1. The van der Waals surface area contributed by atoms with Gasteiger partial charge in [0.2, 0.25) is 5.91 Å². The van der Waals surface area contributed by atoms with Crippen LogP contribution in [-0.2, 0) is 35.5 Å². The summed E-state index contributed by atoms with van der Waals surface area (Å²) in [5.41, 5.74) is 3.09. The molecule has 4 rings (SSSR count). The maximum absolute atomic E-state index is 12.5. The Morgan fingerprint density at radius 2 is 2.06 bits per heavy atom. The van der Waals surface area contributed by atoms with Crippen molar-refractivity contribution in [3.05, 3.63) is 76.2 Å². The van der Waals surface area contributed by atoms with Crippen LogP contribution in [0, 0.1) is 11.3 Å². The van der Waals surface area contributed by atoms with Crippen molar-refractivity contribution in [2.24, 2.45) is 0 Å². The molecule has 0 saturated heterocycles. The summed E-state index contributed by atoms with van der Waals surface area (Å²) in [5.74, 6) is -0.167. The van der Waals surface area contributed by atoms with E-state index in [1.54, 1.807) is 35.6 Å². The van der Waals surface area contributed by atoms with Gasteiger partial charge in [-0.05, 0) is 48.2 Å². The predicted octanol–water partition coefficient (Wildman–Crippen LogP) is 3.68. The summed E-state index contributed by atoms with van der Waals surface area (Å²) in [4.78, 5) is 35.6. The molecule has 1 aliphatic heterocycles. The number of nitriles is 1. The summed E-state index contributed by atoms with van der Waals surface area (Å²) in [6.45, 7) is 0.991.